The van der Waals surface area contributed by atoms with Gasteiger partial charge in [-0.3, -0.25) is 14.4 Å². The molecular weight excluding hydrogens is 422 g/mol. The number of carbonyl (C=O) groups is 3. The van der Waals surface area contributed by atoms with Crippen molar-refractivity contribution in [1.29, 1.82) is 0 Å². The van der Waals surface area contributed by atoms with Crippen LogP contribution in [-0.2, 0) is 20.7 Å². The Kier molecular flexibility index (Phi) is 8.02. The van der Waals surface area contributed by atoms with Gasteiger partial charge in [0.25, 0.3) is 5.91 Å². The van der Waals surface area contributed by atoms with Crippen molar-refractivity contribution in [3.05, 3.63) is 83.9 Å². The van der Waals surface area contributed by atoms with Gasteiger partial charge in [0.2, 0.25) is 5.91 Å². The van der Waals surface area contributed by atoms with Crippen molar-refractivity contribution in [3.63, 3.8) is 0 Å². The lowest BCUT2D eigenvalue weighted by atomic mass is 10.1. The van der Waals surface area contributed by atoms with E-state index in [-0.39, 0.29) is 24.8 Å². The second-order valence-electron chi connectivity index (χ2n) is 7.08. The first-order valence-corrected chi connectivity index (χ1v) is 10.2. The maximum atomic E-state index is 12.9. The zero-order chi connectivity index (χ0) is 23.6. The van der Waals surface area contributed by atoms with E-state index in [2.05, 4.69) is 20.7 Å². The van der Waals surface area contributed by atoms with E-state index in [0.717, 1.165) is 17.0 Å². The van der Waals surface area contributed by atoms with Gasteiger partial charge in [-0.05, 0) is 54.1 Å². The molecule has 0 aliphatic rings. The maximum absolute atomic E-state index is 12.9. The molecule has 0 aliphatic heterocycles. The first kappa shape index (κ1) is 23.3. The van der Waals surface area contributed by atoms with Gasteiger partial charge < -0.3 is 25.4 Å². The second-order valence-corrected chi connectivity index (χ2v) is 7.08. The van der Waals surface area contributed by atoms with E-state index in [1.165, 1.54) is 7.11 Å². The molecule has 0 bridgehead atoms. The van der Waals surface area contributed by atoms with Gasteiger partial charge in [0.05, 0.1) is 31.9 Å². The Morgan fingerprint density at radius 2 is 1.48 bits per heavy atom. The molecule has 0 aromatic heterocycles. The van der Waals surface area contributed by atoms with Crippen LogP contribution in [0.3, 0.4) is 0 Å². The number of methoxy groups -OCH3 is 2. The first-order chi connectivity index (χ1) is 16.0. The van der Waals surface area contributed by atoms with Gasteiger partial charge in [-0.25, -0.2) is 0 Å². The van der Waals surface area contributed by atoms with E-state index in [0.29, 0.717) is 16.9 Å². The lowest BCUT2D eigenvalue weighted by Crippen LogP contribution is -2.31. The lowest BCUT2D eigenvalue weighted by molar-refractivity contribution is -0.141. The Morgan fingerprint density at radius 1 is 0.818 bits per heavy atom. The fourth-order valence-corrected chi connectivity index (χ4v) is 3.02. The van der Waals surface area contributed by atoms with Crippen LogP contribution in [0.4, 0.5) is 17.1 Å². The molecule has 33 heavy (non-hydrogen) atoms. The molecule has 170 valence electrons. The molecule has 0 radical (unpaired) electrons. The molecule has 0 spiro atoms. The predicted octanol–water partition coefficient (Wildman–Crippen LogP) is 3.52. The van der Waals surface area contributed by atoms with Crippen LogP contribution in [0.2, 0.25) is 0 Å². The largest absolute Gasteiger partial charge is 0.497 e. The average molecular weight is 447 g/mol. The van der Waals surface area contributed by atoms with E-state index in [1.807, 2.05) is 36.4 Å². The fraction of sp³-hybridized carbons (Fsp3) is 0.160. The molecule has 0 unspecified atom stereocenters. The van der Waals surface area contributed by atoms with Crippen LogP contribution in [-0.4, -0.2) is 38.5 Å². The number of rotatable bonds is 9. The molecule has 3 N–H and O–H groups in total. The molecular formula is C25H25N3O5. The quantitative estimate of drug-likeness (QED) is 0.434. The SMILES string of the molecule is COC(=O)CNC(=O)Cc1ccc(NC(=O)c2ccccc2Nc2ccc(OC)cc2)cc1. The third-order valence-corrected chi connectivity index (χ3v) is 4.77. The predicted molar refractivity (Wildman–Crippen MR) is 126 cm³/mol. The minimum atomic E-state index is -0.511. The van der Waals surface area contributed by atoms with Gasteiger partial charge in [0, 0.05) is 11.4 Å². The first-order valence-electron chi connectivity index (χ1n) is 10.2. The number of hydrogen-bond donors (Lipinski definition) is 3. The van der Waals surface area contributed by atoms with Gasteiger partial charge in [-0.1, -0.05) is 24.3 Å². The lowest BCUT2D eigenvalue weighted by Gasteiger charge is -2.13. The van der Waals surface area contributed by atoms with Gasteiger partial charge in [0.1, 0.15) is 12.3 Å². The zero-order valence-electron chi connectivity index (χ0n) is 18.4. The molecule has 2 amide bonds. The van der Waals surface area contributed by atoms with Crippen LogP contribution in [0.1, 0.15) is 15.9 Å². The molecule has 3 aromatic rings. The van der Waals surface area contributed by atoms with Crippen LogP contribution in [0.25, 0.3) is 0 Å². The summed E-state index contributed by atoms with van der Waals surface area (Å²) in [6.07, 6.45) is 0.111. The summed E-state index contributed by atoms with van der Waals surface area (Å²) in [6.45, 7) is -0.173. The summed E-state index contributed by atoms with van der Waals surface area (Å²) in [6, 6.07) is 21.6. The van der Waals surface area contributed by atoms with E-state index < -0.39 is 5.97 Å². The molecule has 0 saturated carbocycles. The summed E-state index contributed by atoms with van der Waals surface area (Å²) in [5, 5.41) is 8.61. The summed E-state index contributed by atoms with van der Waals surface area (Å²) in [5.74, 6) is -0.329. The number of ether oxygens (including phenoxy) is 2. The Balaban J connectivity index is 1.62. The Morgan fingerprint density at radius 3 is 2.15 bits per heavy atom. The normalized spacial score (nSPS) is 10.1. The smallest absolute Gasteiger partial charge is 0.325 e. The highest BCUT2D eigenvalue weighted by Crippen LogP contribution is 2.24. The van der Waals surface area contributed by atoms with Crippen molar-refractivity contribution < 1.29 is 23.9 Å². The minimum Gasteiger partial charge on any atom is -0.497 e. The van der Waals surface area contributed by atoms with Crippen molar-refractivity contribution in [2.75, 3.05) is 31.4 Å². The molecule has 0 heterocycles. The van der Waals surface area contributed by atoms with Crippen LogP contribution in [0.5, 0.6) is 5.75 Å². The Bertz CT molecular complexity index is 1110. The minimum absolute atomic E-state index is 0.111. The van der Waals surface area contributed by atoms with Crippen LogP contribution in [0, 0.1) is 0 Å². The van der Waals surface area contributed by atoms with E-state index in [9.17, 15) is 14.4 Å². The number of hydrogen-bond acceptors (Lipinski definition) is 6. The molecule has 0 aliphatic carbocycles. The number of carbonyl (C=O) groups excluding carboxylic acids is 3. The van der Waals surface area contributed by atoms with Crippen molar-refractivity contribution in [3.8, 4) is 5.75 Å². The Labute approximate surface area is 191 Å². The third kappa shape index (κ3) is 6.83. The number of benzene rings is 3. The summed E-state index contributed by atoms with van der Waals surface area (Å²) in [7, 11) is 2.86. The van der Waals surface area contributed by atoms with Gasteiger partial charge in [0.15, 0.2) is 0 Å². The summed E-state index contributed by atoms with van der Waals surface area (Å²) in [4.78, 5) is 35.9. The number of amides is 2. The number of anilines is 3. The standard InChI is InChI=1S/C25H25N3O5/c1-32-20-13-11-18(12-14-20)27-22-6-4-3-5-21(22)25(31)28-19-9-7-17(8-10-19)15-23(29)26-16-24(30)33-2/h3-14,27H,15-16H2,1-2H3,(H,26,29)(H,28,31). The topological polar surface area (TPSA) is 106 Å². The van der Waals surface area contributed by atoms with Gasteiger partial charge in [-0.2, -0.15) is 0 Å². The second kappa shape index (κ2) is 11.3. The number of nitrogens with one attached hydrogen (secondary N) is 3. The van der Waals surface area contributed by atoms with Crippen molar-refractivity contribution in [2.45, 2.75) is 6.42 Å². The van der Waals surface area contributed by atoms with Crippen molar-refractivity contribution in [2.24, 2.45) is 0 Å². The molecule has 8 heteroatoms. The number of para-hydroxylation sites is 1. The average Bonchev–Trinajstić information content (AvgIpc) is 2.84. The van der Waals surface area contributed by atoms with E-state index >= 15 is 0 Å². The summed E-state index contributed by atoms with van der Waals surface area (Å²) < 4.78 is 9.66. The van der Waals surface area contributed by atoms with Gasteiger partial charge >= 0.3 is 5.97 Å². The van der Waals surface area contributed by atoms with Crippen molar-refractivity contribution >= 4 is 34.8 Å². The van der Waals surface area contributed by atoms with E-state index in [1.54, 1.807) is 43.5 Å². The molecule has 8 nitrogen and oxygen atoms in total. The Hall–Kier alpha value is -4.33. The highest BCUT2D eigenvalue weighted by Gasteiger charge is 2.12. The van der Waals surface area contributed by atoms with Crippen LogP contribution >= 0.6 is 0 Å². The van der Waals surface area contributed by atoms with Crippen LogP contribution < -0.4 is 20.7 Å². The highest BCUT2D eigenvalue weighted by atomic mass is 16.5. The summed E-state index contributed by atoms with van der Waals surface area (Å²) >= 11 is 0. The molecule has 0 saturated heterocycles. The van der Waals surface area contributed by atoms with E-state index in [4.69, 9.17) is 4.74 Å². The number of esters is 1. The van der Waals surface area contributed by atoms with Gasteiger partial charge in [-0.15, -0.1) is 0 Å². The summed E-state index contributed by atoms with van der Waals surface area (Å²) in [5.41, 5.74) is 3.32. The third-order valence-electron chi connectivity index (χ3n) is 4.77. The molecule has 0 fully saturated rings. The zero-order valence-corrected chi connectivity index (χ0v) is 18.4. The molecule has 3 aromatic carbocycles. The highest BCUT2D eigenvalue weighted by molar-refractivity contribution is 6.08. The maximum Gasteiger partial charge on any atom is 0.325 e. The van der Waals surface area contributed by atoms with Crippen molar-refractivity contribution in [1.82, 2.24) is 5.32 Å². The fourth-order valence-electron chi connectivity index (χ4n) is 3.02. The molecule has 3 rings (SSSR count). The molecule has 0 atom stereocenters. The van der Waals surface area contributed by atoms with Crippen LogP contribution in [0.15, 0.2) is 72.8 Å². The monoisotopic (exact) mass is 447 g/mol.